The molecular weight excluding hydrogens is 605 g/mol. The van der Waals surface area contributed by atoms with Crippen molar-refractivity contribution < 1.29 is 46.3 Å². The van der Waals surface area contributed by atoms with E-state index in [-0.39, 0.29) is 10.1 Å². The van der Waals surface area contributed by atoms with Crippen LogP contribution in [0.1, 0.15) is 41.0 Å². The van der Waals surface area contributed by atoms with Crippen LogP contribution in [0.5, 0.6) is 0 Å². The summed E-state index contributed by atoms with van der Waals surface area (Å²) in [5.74, 6) is -5.23. The first kappa shape index (κ1) is 33.9. The van der Waals surface area contributed by atoms with E-state index in [0.29, 0.717) is 5.75 Å². The standard InChI is InChI=1S/C28H34FN3O9S2/c1-27(2,3)41-25(36)21(22(34)19-13-10-17(14-20(19)33)40-26(37)31(6)7)32(24(35)23-30-28(4,5)15-42-23)43(38,39)18-11-8-16(29)9-12-18/h8-13,21,23,30H,14-15H2,1-7H3/t21-,23-/m0/s1. The number of Topliss-reactive ketones (excluding diaryl/α,β-unsaturated/α-hetero) is 2. The summed E-state index contributed by atoms with van der Waals surface area (Å²) in [5.41, 5.74) is -2.44. The molecule has 12 nitrogen and oxygen atoms in total. The van der Waals surface area contributed by atoms with Crippen molar-refractivity contribution in [1.29, 1.82) is 0 Å². The minimum absolute atomic E-state index is 0.0882. The summed E-state index contributed by atoms with van der Waals surface area (Å²) in [6.07, 6.45) is 0.827. The Morgan fingerprint density at radius 2 is 1.70 bits per heavy atom. The molecule has 1 fully saturated rings. The molecule has 234 valence electrons. The van der Waals surface area contributed by atoms with Gasteiger partial charge in [0.1, 0.15) is 22.6 Å². The van der Waals surface area contributed by atoms with E-state index in [1.165, 1.54) is 40.9 Å². The summed E-state index contributed by atoms with van der Waals surface area (Å²) >= 11 is 1.06. The fourth-order valence-electron chi connectivity index (χ4n) is 3.97. The highest BCUT2D eigenvalue weighted by molar-refractivity contribution is 8.01. The van der Waals surface area contributed by atoms with Gasteiger partial charge >= 0.3 is 12.1 Å². The van der Waals surface area contributed by atoms with Crippen LogP contribution in [-0.4, -0.2) is 89.6 Å². The average Bonchev–Trinajstić information content (AvgIpc) is 3.25. The molecular formula is C28H34FN3O9S2. The van der Waals surface area contributed by atoms with Crippen LogP contribution in [0.4, 0.5) is 9.18 Å². The molecule has 0 unspecified atom stereocenters. The van der Waals surface area contributed by atoms with Gasteiger partial charge < -0.3 is 14.4 Å². The van der Waals surface area contributed by atoms with Gasteiger partial charge in [0, 0.05) is 25.4 Å². The summed E-state index contributed by atoms with van der Waals surface area (Å²) < 4.78 is 52.4. The fraction of sp³-hybridized carbons (Fsp3) is 0.464. The van der Waals surface area contributed by atoms with Crippen molar-refractivity contribution in [2.24, 2.45) is 0 Å². The van der Waals surface area contributed by atoms with Gasteiger partial charge in [-0.05, 0) is 71.0 Å². The molecule has 1 saturated heterocycles. The summed E-state index contributed by atoms with van der Waals surface area (Å²) in [6.45, 7) is 7.98. The number of amides is 2. The molecule has 1 aliphatic heterocycles. The molecule has 0 aromatic heterocycles. The monoisotopic (exact) mass is 639 g/mol. The van der Waals surface area contributed by atoms with Gasteiger partial charge in [0.15, 0.2) is 5.78 Å². The van der Waals surface area contributed by atoms with Gasteiger partial charge in [-0.3, -0.25) is 19.7 Å². The van der Waals surface area contributed by atoms with Crippen LogP contribution >= 0.6 is 11.8 Å². The number of nitrogens with one attached hydrogen (secondary N) is 1. The second-order valence-electron chi connectivity index (χ2n) is 11.7. The van der Waals surface area contributed by atoms with Crippen molar-refractivity contribution in [3.8, 4) is 0 Å². The summed E-state index contributed by atoms with van der Waals surface area (Å²) in [4.78, 5) is 67.2. The van der Waals surface area contributed by atoms with Crippen molar-refractivity contribution in [2.45, 2.75) is 68.5 Å². The number of thioether (sulfide) groups is 1. The molecule has 43 heavy (non-hydrogen) atoms. The van der Waals surface area contributed by atoms with E-state index in [1.807, 2.05) is 0 Å². The zero-order chi connectivity index (χ0) is 32.5. The number of halogens is 1. The molecule has 0 bridgehead atoms. The topological polar surface area (TPSA) is 156 Å². The first-order valence-corrected chi connectivity index (χ1v) is 15.6. The largest absolute Gasteiger partial charge is 0.458 e. The van der Waals surface area contributed by atoms with Crippen molar-refractivity contribution in [1.82, 2.24) is 14.5 Å². The minimum Gasteiger partial charge on any atom is -0.458 e. The number of sulfonamides is 1. The van der Waals surface area contributed by atoms with E-state index in [9.17, 15) is 36.8 Å². The second kappa shape index (κ2) is 12.6. The van der Waals surface area contributed by atoms with E-state index < -0.39 is 84.8 Å². The summed E-state index contributed by atoms with van der Waals surface area (Å²) in [5, 5.41) is 1.79. The first-order valence-electron chi connectivity index (χ1n) is 13.1. The minimum atomic E-state index is -5.02. The predicted octanol–water partition coefficient (Wildman–Crippen LogP) is 2.54. The quantitative estimate of drug-likeness (QED) is 0.253. The Balaban J connectivity index is 2.19. The molecule has 2 aliphatic rings. The van der Waals surface area contributed by atoms with Crippen molar-refractivity contribution in [3.63, 3.8) is 0 Å². The van der Waals surface area contributed by atoms with E-state index in [2.05, 4.69) is 5.32 Å². The van der Waals surface area contributed by atoms with E-state index in [0.717, 1.165) is 47.0 Å². The Morgan fingerprint density at radius 1 is 1.09 bits per heavy atom. The summed E-state index contributed by atoms with van der Waals surface area (Å²) in [7, 11) is -2.16. The Labute approximate surface area is 253 Å². The fourth-order valence-corrected chi connectivity index (χ4v) is 6.87. The molecule has 1 aliphatic carbocycles. The van der Waals surface area contributed by atoms with Gasteiger partial charge in [-0.1, -0.05) is 0 Å². The molecule has 1 heterocycles. The van der Waals surface area contributed by atoms with Crippen LogP contribution < -0.4 is 5.32 Å². The molecule has 1 aromatic rings. The molecule has 1 N–H and O–H groups in total. The third kappa shape index (κ3) is 8.09. The zero-order valence-electron chi connectivity index (χ0n) is 24.8. The maximum absolute atomic E-state index is 14.0. The number of allylic oxidation sites excluding steroid dienone is 3. The predicted molar refractivity (Wildman–Crippen MR) is 154 cm³/mol. The maximum Gasteiger partial charge on any atom is 0.414 e. The van der Waals surface area contributed by atoms with Gasteiger partial charge in [0.05, 0.1) is 16.9 Å². The highest BCUT2D eigenvalue weighted by atomic mass is 32.2. The molecule has 0 radical (unpaired) electrons. The average molecular weight is 640 g/mol. The van der Waals surface area contributed by atoms with Crippen LogP contribution in [0.25, 0.3) is 0 Å². The lowest BCUT2D eigenvalue weighted by Gasteiger charge is -2.33. The normalized spacial score (nSPS) is 19.1. The molecule has 2 amide bonds. The third-order valence-corrected chi connectivity index (χ3v) is 9.30. The highest BCUT2D eigenvalue weighted by Crippen LogP contribution is 2.32. The van der Waals surface area contributed by atoms with Gasteiger partial charge in [0.25, 0.3) is 15.9 Å². The number of hydrogen-bond donors (Lipinski definition) is 1. The Kier molecular flexibility index (Phi) is 9.93. The highest BCUT2D eigenvalue weighted by Gasteiger charge is 2.51. The van der Waals surface area contributed by atoms with E-state index >= 15 is 0 Å². The summed E-state index contributed by atoms with van der Waals surface area (Å²) in [6, 6.07) is 1.02. The van der Waals surface area contributed by atoms with Crippen LogP contribution in [0.3, 0.4) is 0 Å². The number of nitrogens with zero attached hydrogens (tertiary/aromatic N) is 2. The van der Waals surface area contributed by atoms with Crippen molar-refractivity contribution in [2.75, 3.05) is 19.8 Å². The van der Waals surface area contributed by atoms with Crippen molar-refractivity contribution in [3.05, 3.63) is 53.6 Å². The number of benzene rings is 1. The number of carbonyl (C=O) groups excluding carboxylic acids is 5. The third-order valence-electron chi connectivity index (χ3n) is 5.98. The van der Waals surface area contributed by atoms with Gasteiger partial charge in [-0.2, -0.15) is 0 Å². The lowest BCUT2D eigenvalue weighted by atomic mass is 9.94. The van der Waals surface area contributed by atoms with Crippen LogP contribution in [0.15, 0.2) is 52.6 Å². The Hall–Kier alpha value is -3.56. The van der Waals surface area contributed by atoms with Crippen LogP contribution in [0, 0.1) is 5.82 Å². The van der Waals surface area contributed by atoms with Crippen molar-refractivity contribution >= 4 is 51.3 Å². The number of esters is 1. The molecule has 2 atom stereocenters. The Bertz CT molecular complexity index is 1490. The van der Waals surface area contributed by atoms with Gasteiger partial charge in [-0.25, -0.2) is 26.7 Å². The number of ether oxygens (including phenoxy) is 2. The molecule has 3 rings (SSSR count). The Morgan fingerprint density at radius 3 is 2.19 bits per heavy atom. The molecule has 1 aromatic carbocycles. The van der Waals surface area contributed by atoms with E-state index in [1.54, 1.807) is 13.8 Å². The lowest BCUT2D eigenvalue weighted by molar-refractivity contribution is -0.163. The number of rotatable bonds is 8. The van der Waals surface area contributed by atoms with Gasteiger partial charge in [0.2, 0.25) is 11.8 Å². The lowest BCUT2D eigenvalue weighted by Crippen LogP contribution is -2.59. The van der Waals surface area contributed by atoms with E-state index in [4.69, 9.17) is 9.47 Å². The number of hydrogen-bond acceptors (Lipinski definition) is 11. The second-order valence-corrected chi connectivity index (χ2v) is 14.6. The van der Waals surface area contributed by atoms with Crippen LogP contribution in [0.2, 0.25) is 0 Å². The van der Waals surface area contributed by atoms with Crippen LogP contribution in [-0.2, 0) is 38.7 Å². The molecule has 0 spiro atoms. The molecule has 15 heteroatoms. The van der Waals surface area contributed by atoms with Gasteiger partial charge in [-0.15, -0.1) is 11.8 Å². The molecule has 0 saturated carbocycles. The number of ketones is 2. The SMILES string of the molecule is CN(C)C(=O)OC1=CC=C(C(=O)[C@@H](C(=O)OC(C)(C)C)N(C(=O)[C@H]2NC(C)(C)CS2)S(=O)(=O)c2ccc(F)cc2)C(=O)C1. The smallest absolute Gasteiger partial charge is 0.414 e. The number of carbonyl (C=O) groups is 5. The zero-order valence-corrected chi connectivity index (χ0v) is 26.4. The first-order chi connectivity index (χ1) is 19.7. The maximum atomic E-state index is 14.0.